The van der Waals surface area contributed by atoms with Gasteiger partial charge in [0, 0.05) is 31.1 Å². The number of aryl methyl sites for hydroxylation is 1. The molecule has 42 heavy (non-hydrogen) atoms. The van der Waals surface area contributed by atoms with Gasteiger partial charge in [0.2, 0.25) is 5.92 Å². The van der Waals surface area contributed by atoms with Gasteiger partial charge in [-0.1, -0.05) is 10.4 Å². The summed E-state index contributed by atoms with van der Waals surface area (Å²) in [5.74, 6) is -7.42. The summed E-state index contributed by atoms with van der Waals surface area (Å²) >= 11 is 1.01. The molecular weight excluding hydrogens is 591 g/mol. The van der Waals surface area contributed by atoms with Crippen molar-refractivity contribution in [2.45, 2.75) is 79.2 Å². The molecule has 1 unspecified atom stereocenters. The first-order chi connectivity index (χ1) is 19.9. The highest BCUT2D eigenvalue weighted by molar-refractivity contribution is 8.00. The Morgan fingerprint density at radius 3 is 2.40 bits per heavy atom. The van der Waals surface area contributed by atoms with E-state index in [9.17, 15) is 37.3 Å². The average molecular weight is 621 g/mol. The molecule has 0 bridgehead atoms. The second-order valence-corrected chi connectivity index (χ2v) is 11.8. The summed E-state index contributed by atoms with van der Waals surface area (Å²) in [4.78, 5) is 0. The minimum absolute atomic E-state index is 0.0420. The minimum atomic E-state index is -2.92. The fraction of sp³-hybridized carbons (Fsp3) is 0.577. The summed E-state index contributed by atoms with van der Waals surface area (Å²) in [7, 11) is 1.33. The number of aliphatic hydroxyl groups excluding tert-OH is 2. The van der Waals surface area contributed by atoms with Gasteiger partial charge in [-0.15, -0.1) is 16.9 Å². The Morgan fingerprint density at radius 2 is 1.83 bits per heavy atom. The molecule has 230 valence electrons. The molecule has 1 saturated heterocycles. The predicted octanol–water partition coefficient (Wildman–Crippen LogP) is 3.71. The zero-order valence-electron chi connectivity index (χ0n) is 22.5. The van der Waals surface area contributed by atoms with Gasteiger partial charge in [0.25, 0.3) is 0 Å². The zero-order valence-corrected chi connectivity index (χ0v) is 23.3. The fourth-order valence-corrected chi connectivity index (χ4v) is 7.17. The second-order valence-electron chi connectivity index (χ2n) is 10.6. The van der Waals surface area contributed by atoms with Crippen molar-refractivity contribution in [2.75, 3.05) is 13.7 Å². The average Bonchev–Trinajstić information content (AvgIpc) is 3.61. The van der Waals surface area contributed by atoms with Gasteiger partial charge in [-0.2, -0.15) is 0 Å². The molecule has 3 aromatic rings. The number of methoxy groups -OCH3 is 1. The second kappa shape index (κ2) is 11.8. The minimum Gasteiger partial charge on any atom is -0.394 e. The highest BCUT2D eigenvalue weighted by atomic mass is 32.2. The monoisotopic (exact) mass is 620 g/mol. The molecule has 16 heteroatoms. The highest BCUT2D eigenvalue weighted by Crippen LogP contribution is 2.53. The van der Waals surface area contributed by atoms with E-state index in [1.165, 1.54) is 24.3 Å². The summed E-state index contributed by atoms with van der Waals surface area (Å²) in [6.45, 7) is 1.06. The number of hydrogen-bond acceptors (Lipinski definition) is 10. The largest absolute Gasteiger partial charge is 0.394 e. The molecule has 2 aromatic heterocycles. The Morgan fingerprint density at radius 1 is 1.17 bits per heavy atom. The lowest BCUT2D eigenvalue weighted by Gasteiger charge is -2.46. The molecule has 0 radical (unpaired) electrons. The van der Waals surface area contributed by atoms with Gasteiger partial charge in [0.15, 0.2) is 17.5 Å². The van der Waals surface area contributed by atoms with Crippen molar-refractivity contribution < 1.29 is 51.3 Å². The van der Waals surface area contributed by atoms with E-state index in [2.05, 4.69) is 15.5 Å². The van der Waals surface area contributed by atoms with Gasteiger partial charge in [-0.3, -0.25) is 0 Å². The van der Waals surface area contributed by atoms with Gasteiger partial charge in [-0.25, -0.2) is 26.6 Å². The van der Waals surface area contributed by atoms with Crippen LogP contribution in [0.5, 0.6) is 0 Å². The van der Waals surface area contributed by atoms with E-state index >= 15 is 0 Å². The highest BCUT2D eigenvalue weighted by Gasteiger charge is 2.53. The molecule has 3 N–H and O–H groups in total. The van der Waals surface area contributed by atoms with E-state index in [0.717, 1.165) is 23.9 Å². The lowest BCUT2D eigenvalue weighted by Crippen LogP contribution is -2.56. The Bertz CT molecular complexity index is 1380. The third-order valence-corrected chi connectivity index (χ3v) is 9.41. The Hall–Kier alpha value is -2.63. The molecule has 6 atom stereocenters. The molecule has 5 rings (SSSR count). The molecule has 1 aromatic carbocycles. The van der Waals surface area contributed by atoms with Crippen LogP contribution in [0.15, 0.2) is 29.1 Å². The first-order valence-corrected chi connectivity index (χ1v) is 14.0. The maximum absolute atomic E-state index is 14.0. The number of ether oxygens (including phenoxy) is 2. The van der Waals surface area contributed by atoms with E-state index in [1.807, 2.05) is 0 Å². The normalized spacial score (nSPS) is 28.1. The van der Waals surface area contributed by atoms with Crippen molar-refractivity contribution >= 4 is 11.8 Å². The third-order valence-electron chi connectivity index (χ3n) is 7.83. The van der Waals surface area contributed by atoms with Crippen LogP contribution in [-0.2, 0) is 9.47 Å². The van der Waals surface area contributed by atoms with Crippen LogP contribution in [0.1, 0.15) is 48.2 Å². The summed E-state index contributed by atoms with van der Waals surface area (Å²) < 4.78 is 87.3. The number of halogens is 5. The number of aliphatic hydroxyl groups is 3. The molecule has 2 fully saturated rings. The van der Waals surface area contributed by atoms with Crippen LogP contribution >= 0.6 is 11.8 Å². The third kappa shape index (κ3) is 5.79. The number of benzene rings is 1. The number of alkyl halides is 2. The number of thioether (sulfide) groups is 1. The van der Waals surface area contributed by atoms with E-state index in [1.54, 1.807) is 6.92 Å². The van der Waals surface area contributed by atoms with Crippen LogP contribution in [0, 0.1) is 24.4 Å². The van der Waals surface area contributed by atoms with Crippen molar-refractivity contribution in [1.29, 1.82) is 0 Å². The maximum atomic E-state index is 14.0. The lowest BCUT2D eigenvalue weighted by molar-refractivity contribution is -0.186. The summed E-state index contributed by atoms with van der Waals surface area (Å²) in [5, 5.41) is 43.8. The van der Waals surface area contributed by atoms with Crippen molar-refractivity contribution in [3.8, 4) is 11.3 Å². The van der Waals surface area contributed by atoms with Crippen molar-refractivity contribution in [3.05, 3.63) is 53.3 Å². The van der Waals surface area contributed by atoms with E-state index in [-0.39, 0.29) is 24.1 Å². The first kappa shape index (κ1) is 30.8. The topological polar surface area (TPSA) is 136 Å². The van der Waals surface area contributed by atoms with Crippen molar-refractivity contribution in [2.24, 2.45) is 0 Å². The Kier molecular flexibility index (Phi) is 8.66. The van der Waals surface area contributed by atoms with Gasteiger partial charge in [0.1, 0.15) is 47.4 Å². The predicted molar refractivity (Wildman–Crippen MR) is 137 cm³/mol. The number of rotatable bonds is 8. The Labute approximate surface area is 240 Å². The van der Waals surface area contributed by atoms with Gasteiger partial charge >= 0.3 is 0 Å². The number of hydrogen-bond donors (Lipinski definition) is 3. The maximum Gasteiger partial charge on any atom is 0.248 e. The molecule has 2 aliphatic rings. The zero-order chi connectivity index (χ0) is 30.4. The summed E-state index contributed by atoms with van der Waals surface area (Å²) in [6, 6.07) is 0.407. The van der Waals surface area contributed by atoms with Crippen LogP contribution < -0.4 is 0 Å². The van der Waals surface area contributed by atoms with E-state index in [4.69, 9.17) is 14.0 Å². The SMILES string of the molecule is CO[C@@H]1[C@@H](n2cc(-c3cc(F)c(F)c(F)c3)nn2)[C@@H](O)[C@@H](CO)O[C@H]1SC(c1nocc1C)C1(O)CCC(F)(F)CC1. The van der Waals surface area contributed by atoms with Gasteiger partial charge in [0.05, 0.1) is 23.7 Å². The number of nitrogens with zero attached hydrogens (tertiary/aromatic N) is 4. The van der Waals surface area contributed by atoms with E-state index < -0.39 is 83.5 Å². The quantitative estimate of drug-likeness (QED) is 0.253. The smallest absolute Gasteiger partial charge is 0.248 e. The molecule has 1 aliphatic heterocycles. The molecule has 1 saturated carbocycles. The Balaban J connectivity index is 1.49. The van der Waals surface area contributed by atoms with Gasteiger partial charge < -0.3 is 29.3 Å². The molecule has 1 aliphatic carbocycles. The number of aromatic nitrogens is 4. The molecule has 0 spiro atoms. The summed E-state index contributed by atoms with van der Waals surface area (Å²) in [5.41, 5.74) is -1.93. The molecular formula is C26H29F5N4O6S. The fourth-order valence-electron chi connectivity index (χ4n) is 5.42. The van der Waals surface area contributed by atoms with Crippen LogP contribution in [0.2, 0.25) is 0 Å². The first-order valence-electron chi connectivity index (χ1n) is 13.1. The standard InChI is InChI=1S/C26H29F5N4O6S/c1-12-11-40-33-19(12)23(25(38)3-5-26(30,31)6-4-25)42-24-22(39-2)20(21(37)17(10-36)41-24)35-9-16(32-34-35)13-7-14(27)18(29)15(28)8-13/h7-9,11,17,20-24,36-38H,3-6,10H2,1-2H3/t17-,20+,21+,22-,23?,24+/m1/s1. The molecule has 10 nitrogen and oxygen atoms in total. The van der Waals surface area contributed by atoms with Crippen LogP contribution in [-0.4, -0.2) is 84.5 Å². The van der Waals surface area contributed by atoms with E-state index in [0.29, 0.717) is 11.3 Å². The molecule has 0 amide bonds. The summed E-state index contributed by atoms with van der Waals surface area (Å²) in [6.07, 6.45) is -2.56. The van der Waals surface area contributed by atoms with Gasteiger partial charge in [-0.05, 0) is 31.9 Å². The van der Waals surface area contributed by atoms with Crippen LogP contribution in [0.4, 0.5) is 22.0 Å². The van der Waals surface area contributed by atoms with Crippen molar-refractivity contribution in [3.63, 3.8) is 0 Å². The van der Waals surface area contributed by atoms with Crippen LogP contribution in [0.3, 0.4) is 0 Å². The molecule has 3 heterocycles. The van der Waals surface area contributed by atoms with Crippen LogP contribution in [0.25, 0.3) is 11.3 Å². The lowest BCUT2D eigenvalue weighted by atomic mass is 9.79. The van der Waals surface area contributed by atoms with Crippen molar-refractivity contribution in [1.82, 2.24) is 20.2 Å².